The molecule has 0 aliphatic heterocycles. The van der Waals surface area contributed by atoms with Crippen molar-refractivity contribution in [3.05, 3.63) is 62.5 Å². The van der Waals surface area contributed by atoms with E-state index >= 15 is 0 Å². The largest absolute Gasteiger partial charge is 0.326 e. The van der Waals surface area contributed by atoms with Crippen molar-refractivity contribution in [2.45, 2.75) is 20.4 Å². The Morgan fingerprint density at radius 2 is 2.00 bits per heavy atom. The van der Waals surface area contributed by atoms with Gasteiger partial charge in [-0.15, -0.1) is 0 Å². The Labute approximate surface area is 111 Å². The molecule has 1 aromatic heterocycles. The van der Waals surface area contributed by atoms with Crippen molar-refractivity contribution < 1.29 is 0 Å². The van der Waals surface area contributed by atoms with Crippen molar-refractivity contribution in [3.63, 3.8) is 0 Å². The predicted molar refractivity (Wildman–Crippen MR) is 74.4 cm³/mol. The molecule has 0 amide bonds. The van der Waals surface area contributed by atoms with Gasteiger partial charge in [-0.05, 0) is 31.5 Å². The third-order valence-corrected chi connectivity index (χ3v) is 3.21. The van der Waals surface area contributed by atoms with Gasteiger partial charge in [-0.1, -0.05) is 17.7 Å². The first-order chi connectivity index (χ1) is 8.52. The summed E-state index contributed by atoms with van der Waals surface area (Å²) in [6, 6.07) is 7.29. The SMILES string of the molecule is Cc1ccc(Cl)cc1-n1cc(CN)c(=O)cc1C. The number of benzene rings is 1. The number of halogens is 1. The molecule has 4 heteroatoms. The van der Waals surface area contributed by atoms with E-state index in [0.717, 1.165) is 16.9 Å². The minimum Gasteiger partial charge on any atom is -0.326 e. The Balaban J connectivity index is 2.70. The zero-order valence-electron chi connectivity index (χ0n) is 10.4. The maximum absolute atomic E-state index is 11.7. The van der Waals surface area contributed by atoms with Gasteiger partial charge in [0.2, 0.25) is 0 Å². The zero-order chi connectivity index (χ0) is 13.3. The molecule has 0 aliphatic rings. The summed E-state index contributed by atoms with van der Waals surface area (Å²) in [6.45, 7) is 4.13. The third kappa shape index (κ3) is 2.33. The predicted octanol–water partition coefficient (Wildman–Crippen LogP) is 2.57. The molecule has 94 valence electrons. The highest BCUT2D eigenvalue weighted by Crippen LogP contribution is 2.20. The van der Waals surface area contributed by atoms with Crippen LogP contribution in [-0.2, 0) is 6.54 Å². The fraction of sp³-hybridized carbons (Fsp3) is 0.214. The molecule has 2 aromatic rings. The smallest absolute Gasteiger partial charge is 0.186 e. The van der Waals surface area contributed by atoms with Gasteiger partial charge in [-0.25, -0.2) is 0 Å². The second kappa shape index (κ2) is 4.96. The minimum atomic E-state index is -0.0223. The van der Waals surface area contributed by atoms with Gasteiger partial charge in [0.1, 0.15) is 0 Å². The van der Waals surface area contributed by atoms with Crippen molar-refractivity contribution in [1.82, 2.24) is 4.57 Å². The monoisotopic (exact) mass is 262 g/mol. The quantitative estimate of drug-likeness (QED) is 0.904. The highest BCUT2D eigenvalue weighted by molar-refractivity contribution is 6.30. The first-order valence-electron chi connectivity index (χ1n) is 5.71. The van der Waals surface area contributed by atoms with Crippen molar-refractivity contribution in [1.29, 1.82) is 0 Å². The summed E-state index contributed by atoms with van der Waals surface area (Å²) in [5.41, 5.74) is 9.07. The van der Waals surface area contributed by atoms with Gasteiger partial charge in [0.25, 0.3) is 0 Å². The van der Waals surface area contributed by atoms with E-state index in [4.69, 9.17) is 17.3 Å². The fourth-order valence-corrected chi connectivity index (χ4v) is 2.09. The van der Waals surface area contributed by atoms with E-state index in [1.807, 2.05) is 36.6 Å². The molecule has 0 atom stereocenters. The normalized spacial score (nSPS) is 10.7. The minimum absolute atomic E-state index is 0.0223. The number of hydrogen-bond donors (Lipinski definition) is 1. The van der Waals surface area contributed by atoms with E-state index < -0.39 is 0 Å². The number of hydrogen-bond acceptors (Lipinski definition) is 2. The van der Waals surface area contributed by atoms with E-state index in [9.17, 15) is 4.79 Å². The van der Waals surface area contributed by atoms with Crippen LogP contribution in [0.1, 0.15) is 16.8 Å². The van der Waals surface area contributed by atoms with E-state index in [2.05, 4.69) is 0 Å². The molecule has 0 spiro atoms. The average molecular weight is 263 g/mol. The Morgan fingerprint density at radius 1 is 1.28 bits per heavy atom. The van der Waals surface area contributed by atoms with Crippen LogP contribution in [0.25, 0.3) is 5.69 Å². The molecule has 0 radical (unpaired) electrons. The molecule has 1 aromatic carbocycles. The molecule has 0 saturated heterocycles. The van der Waals surface area contributed by atoms with Crippen LogP contribution in [0.3, 0.4) is 0 Å². The lowest BCUT2D eigenvalue weighted by Gasteiger charge is -2.15. The average Bonchev–Trinajstić information content (AvgIpc) is 2.33. The van der Waals surface area contributed by atoms with Crippen molar-refractivity contribution in [2.75, 3.05) is 0 Å². The summed E-state index contributed by atoms with van der Waals surface area (Å²) in [6.07, 6.45) is 1.79. The van der Waals surface area contributed by atoms with Gasteiger partial charge >= 0.3 is 0 Å². The maximum Gasteiger partial charge on any atom is 0.186 e. The lowest BCUT2D eigenvalue weighted by molar-refractivity contribution is 0.916. The molecule has 2 N–H and O–H groups in total. The molecule has 1 heterocycles. The number of rotatable bonds is 2. The molecule has 0 fully saturated rings. The van der Waals surface area contributed by atoms with Crippen LogP contribution in [0, 0.1) is 13.8 Å². The van der Waals surface area contributed by atoms with Crippen LogP contribution in [0.2, 0.25) is 5.02 Å². The molecule has 2 rings (SSSR count). The summed E-state index contributed by atoms with van der Waals surface area (Å²) in [5.74, 6) is 0. The first kappa shape index (κ1) is 12.9. The third-order valence-electron chi connectivity index (χ3n) is 2.97. The molecule has 0 saturated carbocycles. The van der Waals surface area contributed by atoms with Crippen molar-refractivity contribution in [2.24, 2.45) is 5.73 Å². The topological polar surface area (TPSA) is 48.0 Å². The Hall–Kier alpha value is -1.58. The Bertz CT molecular complexity index is 647. The molecule has 0 aliphatic carbocycles. The van der Waals surface area contributed by atoms with Gasteiger partial charge in [0, 0.05) is 40.8 Å². The van der Waals surface area contributed by atoms with Crippen LogP contribution in [0.15, 0.2) is 35.3 Å². The number of nitrogens with two attached hydrogens (primary N) is 1. The van der Waals surface area contributed by atoms with Crippen molar-refractivity contribution in [3.8, 4) is 5.69 Å². The standard InChI is InChI=1S/C14H15ClN2O/c1-9-3-4-12(15)6-13(9)17-8-11(7-16)14(18)5-10(17)2/h3-6,8H,7,16H2,1-2H3. The Kier molecular flexibility index (Phi) is 3.55. The van der Waals surface area contributed by atoms with Crippen LogP contribution in [-0.4, -0.2) is 4.57 Å². The highest BCUT2D eigenvalue weighted by atomic mass is 35.5. The van der Waals surface area contributed by atoms with Gasteiger partial charge in [-0.2, -0.15) is 0 Å². The van der Waals surface area contributed by atoms with E-state index in [1.54, 1.807) is 12.3 Å². The van der Waals surface area contributed by atoms with Gasteiger partial charge in [-0.3, -0.25) is 4.79 Å². The van der Waals surface area contributed by atoms with Crippen molar-refractivity contribution >= 4 is 11.6 Å². The van der Waals surface area contributed by atoms with Gasteiger partial charge in [0.15, 0.2) is 5.43 Å². The summed E-state index contributed by atoms with van der Waals surface area (Å²) in [4.78, 5) is 11.7. The summed E-state index contributed by atoms with van der Waals surface area (Å²) >= 11 is 6.02. The molecule has 3 nitrogen and oxygen atoms in total. The fourth-order valence-electron chi connectivity index (χ4n) is 1.93. The lowest BCUT2D eigenvalue weighted by Crippen LogP contribution is -2.17. The first-order valence-corrected chi connectivity index (χ1v) is 6.09. The van der Waals surface area contributed by atoms with Crippen LogP contribution in [0.5, 0.6) is 0 Å². The summed E-state index contributed by atoms with van der Waals surface area (Å²) < 4.78 is 1.95. The number of pyridine rings is 1. The van der Waals surface area contributed by atoms with Crippen LogP contribution in [0.4, 0.5) is 0 Å². The van der Waals surface area contributed by atoms with Gasteiger partial charge < -0.3 is 10.3 Å². The van der Waals surface area contributed by atoms with Crippen LogP contribution < -0.4 is 11.2 Å². The second-order valence-electron chi connectivity index (χ2n) is 4.31. The lowest BCUT2D eigenvalue weighted by atomic mass is 10.1. The summed E-state index contributed by atoms with van der Waals surface area (Å²) in [5, 5.41) is 0.669. The highest BCUT2D eigenvalue weighted by Gasteiger charge is 2.07. The van der Waals surface area contributed by atoms with E-state index in [1.165, 1.54) is 0 Å². The van der Waals surface area contributed by atoms with Crippen LogP contribution >= 0.6 is 11.6 Å². The number of nitrogens with zero attached hydrogens (tertiary/aromatic N) is 1. The maximum atomic E-state index is 11.7. The molecule has 0 unspecified atom stereocenters. The summed E-state index contributed by atoms with van der Waals surface area (Å²) in [7, 11) is 0. The Morgan fingerprint density at radius 3 is 2.67 bits per heavy atom. The van der Waals surface area contributed by atoms with E-state index in [0.29, 0.717) is 10.6 Å². The molecular weight excluding hydrogens is 248 g/mol. The molecule has 0 bridgehead atoms. The molecule has 18 heavy (non-hydrogen) atoms. The number of aromatic nitrogens is 1. The van der Waals surface area contributed by atoms with Gasteiger partial charge in [0.05, 0.1) is 0 Å². The second-order valence-corrected chi connectivity index (χ2v) is 4.75. The molecular formula is C14H15ClN2O. The zero-order valence-corrected chi connectivity index (χ0v) is 11.2. The van der Waals surface area contributed by atoms with E-state index in [-0.39, 0.29) is 12.0 Å². The number of aryl methyl sites for hydroxylation is 2.